The highest BCUT2D eigenvalue weighted by atomic mass is 16.6. The van der Waals surface area contributed by atoms with Crippen LogP contribution in [-0.2, 0) is 54.1 Å². The van der Waals surface area contributed by atoms with Crippen molar-refractivity contribution in [1.29, 1.82) is 0 Å². The van der Waals surface area contributed by atoms with Gasteiger partial charge in [0.05, 0.1) is 5.69 Å². The zero-order valence-corrected chi connectivity index (χ0v) is 52.0. The molecule has 2 aliphatic rings. The molecule has 0 aromatic heterocycles. The molecule has 3 atom stereocenters. The van der Waals surface area contributed by atoms with Crippen molar-refractivity contribution in [2.24, 2.45) is 11.8 Å². The van der Waals surface area contributed by atoms with Gasteiger partial charge in [0, 0.05) is 44.8 Å². The monoisotopic (exact) mass is 1170 g/mol. The molecular weight excluding hydrogens is 1080 g/mol. The molecule has 0 heterocycles. The van der Waals surface area contributed by atoms with Gasteiger partial charge < -0.3 is 50.3 Å². The standard InChI is InChI=1S/C66H90N6O13/c1-63(2,3)82-55(73)34-33-52(59(77)84-65(7,8)9)71-60(78)70-51(58(76)83-64(4,5)6)28-20-21-35-67-57(75)53(37-45-36-43-22-14-15-23-44(43)38-54(45)72(13)62(80)85-66(10,11)12)69-56(74)42-31-29-41(30-32-42)39-68-61(79)81-40-50-48-26-18-16-24-46(48)47-25-17-19-27-49(47)50/h14-19,22-27,36,38,41-42,50-53H,20-21,28-35,37,39-40H2,1-13H3,(H,67,75)(H,68,79)(H,69,74)(H2,70,71,78)/t41?,42?,51-,52-,53+/m0/s1. The summed E-state index contributed by atoms with van der Waals surface area (Å²) in [7, 11) is 1.60. The minimum absolute atomic E-state index is 0.00605. The van der Waals surface area contributed by atoms with Crippen LogP contribution >= 0.6 is 0 Å². The number of esters is 3. The molecule has 0 radical (unpaired) electrons. The molecule has 0 spiro atoms. The number of amides is 6. The van der Waals surface area contributed by atoms with E-state index in [-0.39, 0.29) is 56.6 Å². The van der Waals surface area contributed by atoms with Gasteiger partial charge in [-0.3, -0.25) is 19.3 Å². The Morgan fingerprint density at radius 3 is 1.65 bits per heavy atom. The van der Waals surface area contributed by atoms with Crippen LogP contribution in [0.4, 0.5) is 20.1 Å². The average Bonchev–Trinajstić information content (AvgIpc) is 1.96. The molecule has 1 fully saturated rings. The molecular formula is C66H90N6O13. The van der Waals surface area contributed by atoms with E-state index < -0.39 is 88.5 Å². The Morgan fingerprint density at radius 2 is 1.09 bits per heavy atom. The number of hydrogen-bond donors (Lipinski definition) is 5. The first-order valence-electron chi connectivity index (χ1n) is 29.7. The second-order valence-corrected chi connectivity index (χ2v) is 26.3. The zero-order valence-electron chi connectivity index (χ0n) is 52.0. The van der Waals surface area contributed by atoms with Crippen LogP contribution in [0.2, 0.25) is 0 Å². The van der Waals surface area contributed by atoms with Crippen molar-refractivity contribution in [2.45, 2.75) is 194 Å². The highest BCUT2D eigenvalue weighted by Gasteiger charge is 2.35. The first kappa shape index (κ1) is 66.4. The number of anilines is 1. The Hall–Kier alpha value is -7.70. The third-order valence-corrected chi connectivity index (χ3v) is 14.4. The summed E-state index contributed by atoms with van der Waals surface area (Å²) in [5.41, 5.74) is 2.27. The number of ether oxygens (including phenoxy) is 5. The number of carbonyl (C=O) groups excluding carboxylic acids is 8. The predicted molar refractivity (Wildman–Crippen MR) is 326 cm³/mol. The van der Waals surface area contributed by atoms with E-state index in [0.29, 0.717) is 56.3 Å². The molecule has 2 aliphatic carbocycles. The number of urea groups is 1. The molecule has 0 bridgehead atoms. The first-order valence-corrected chi connectivity index (χ1v) is 29.7. The summed E-state index contributed by atoms with van der Waals surface area (Å²) in [4.78, 5) is 110. The van der Waals surface area contributed by atoms with Crippen LogP contribution in [0.3, 0.4) is 0 Å². The Balaban J connectivity index is 1.11. The predicted octanol–water partition coefficient (Wildman–Crippen LogP) is 10.7. The Morgan fingerprint density at radius 1 is 0.576 bits per heavy atom. The van der Waals surface area contributed by atoms with Crippen molar-refractivity contribution in [3.8, 4) is 11.1 Å². The lowest BCUT2D eigenvalue weighted by Gasteiger charge is -2.30. The van der Waals surface area contributed by atoms with Gasteiger partial charge in [-0.25, -0.2) is 24.0 Å². The van der Waals surface area contributed by atoms with Crippen LogP contribution in [0.25, 0.3) is 21.9 Å². The fourth-order valence-corrected chi connectivity index (χ4v) is 10.5. The molecule has 1 saturated carbocycles. The Kier molecular flexibility index (Phi) is 22.6. The van der Waals surface area contributed by atoms with E-state index in [1.165, 1.54) is 4.90 Å². The van der Waals surface area contributed by atoms with E-state index in [9.17, 15) is 38.4 Å². The minimum atomic E-state index is -1.26. The normalized spacial score (nSPS) is 16.2. The van der Waals surface area contributed by atoms with Gasteiger partial charge >= 0.3 is 36.1 Å². The molecule has 0 saturated heterocycles. The highest BCUT2D eigenvalue weighted by Crippen LogP contribution is 2.44. The van der Waals surface area contributed by atoms with Crippen LogP contribution < -0.4 is 31.5 Å². The van der Waals surface area contributed by atoms with Crippen LogP contribution in [0.5, 0.6) is 0 Å². The molecule has 6 rings (SSSR count). The van der Waals surface area contributed by atoms with Crippen molar-refractivity contribution in [3.63, 3.8) is 0 Å². The van der Waals surface area contributed by atoms with E-state index in [2.05, 4.69) is 50.8 Å². The summed E-state index contributed by atoms with van der Waals surface area (Å²) >= 11 is 0. The van der Waals surface area contributed by atoms with E-state index in [1.807, 2.05) is 60.7 Å². The Bertz CT molecular complexity index is 2970. The average molecular weight is 1180 g/mol. The molecule has 4 aromatic carbocycles. The molecule has 0 unspecified atom stereocenters. The lowest BCUT2D eigenvalue weighted by Crippen LogP contribution is -2.53. The number of hydrogen-bond acceptors (Lipinski definition) is 13. The van der Waals surface area contributed by atoms with Crippen LogP contribution in [0.15, 0.2) is 84.9 Å². The van der Waals surface area contributed by atoms with Crippen molar-refractivity contribution in [1.82, 2.24) is 26.6 Å². The van der Waals surface area contributed by atoms with Crippen LogP contribution in [0.1, 0.15) is 163 Å². The third kappa shape index (κ3) is 20.8. The summed E-state index contributed by atoms with van der Waals surface area (Å²) in [6.45, 7) is 21.3. The van der Waals surface area contributed by atoms with Gasteiger partial charge in [-0.2, -0.15) is 0 Å². The maximum Gasteiger partial charge on any atom is 0.414 e. The van der Waals surface area contributed by atoms with Crippen molar-refractivity contribution >= 4 is 64.4 Å². The summed E-state index contributed by atoms with van der Waals surface area (Å²) < 4.78 is 28.2. The molecule has 19 heteroatoms. The van der Waals surface area contributed by atoms with E-state index in [1.54, 1.807) is 90.1 Å². The van der Waals surface area contributed by atoms with Crippen molar-refractivity contribution in [2.75, 3.05) is 31.6 Å². The molecule has 4 aromatic rings. The first-order chi connectivity index (χ1) is 39.8. The van der Waals surface area contributed by atoms with Gasteiger partial charge in [-0.15, -0.1) is 0 Å². The number of benzene rings is 4. The summed E-state index contributed by atoms with van der Waals surface area (Å²) in [6, 6.07) is 23.3. The molecule has 462 valence electrons. The summed E-state index contributed by atoms with van der Waals surface area (Å²) in [6.07, 6.45) is 1.67. The topological polar surface area (TPSA) is 246 Å². The van der Waals surface area contributed by atoms with Gasteiger partial charge in [0.15, 0.2) is 0 Å². The maximum absolute atomic E-state index is 14.5. The lowest BCUT2D eigenvalue weighted by molar-refractivity contribution is -0.159. The highest BCUT2D eigenvalue weighted by molar-refractivity contribution is 5.96. The maximum atomic E-state index is 14.5. The number of alkyl carbamates (subject to hydrolysis) is 1. The Labute approximate surface area is 501 Å². The molecule has 0 aliphatic heterocycles. The summed E-state index contributed by atoms with van der Waals surface area (Å²) in [5, 5.41) is 15.9. The quantitative estimate of drug-likeness (QED) is 0.0280. The van der Waals surface area contributed by atoms with Gasteiger partial charge in [-0.05, 0) is 191 Å². The van der Waals surface area contributed by atoms with Gasteiger partial charge in [0.25, 0.3) is 0 Å². The molecule has 19 nitrogen and oxygen atoms in total. The van der Waals surface area contributed by atoms with Crippen LogP contribution in [0, 0.1) is 11.8 Å². The van der Waals surface area contributed by atoms with Gasteiger partial charge in [-0.1, -0.05) is 72.8 Å². The number of unbranched alkanes of at least 4 members (excludes halogenated alkanes) is 1. The molecule has 6 amide bonds. The van der Waals surface area contributed by atoms with E-state index >= 15 is 0 Å². The second kappa shape index (κ2) is 28.9. The fourth-order valence-electron chi connectivity index (χ4n) is 10.5. The van der Waals surface area contributed by atoms with Gasteiger partial charge in [0.2, 0.25) is 11.8 Å². The van der Waals surface area contributed by atoms with Gasteiger partial charge in [0.1, 0.15) is 47.1 Å². The van der Waals surface area contributed by atoms with Crippen molar-refractivity contribution < 1.29 is 62.0 Å². The number of rotatable bonds is 22. The lowest BCUT2D eigenvalue weighted by atomic mass is 9.81. The van der Waals surface area contributed by atoms with E-state index in [4.69, 9.17) is 23.7 Å². The SMILES string of the molecule is CN(C(=O)OC(C)(C)C)c1cc2ccccc2cc1C[C@@H](NC(=O)C1CCC(CNC(=O)OCC2c3ccccc3-c3ccccc32)CC1)C(=O)NCCCC[C@H](NC(=O)N[C@@H](CCC(=O)OC(C)(C)C)C(=O)OC(C)(C)C)C(=O)OC(C)(C)C. The summed E-state index contributed by atoms with van der Waals surface area (Å²) in [5.74, 6) is -3.22. The molecule has 85 heavy (non-hydrogen) atoms. The van der Waals surface area contributed by atoms with Crippen molar-refractivity contribution in [3.05, 3.63) is 102 Å². The number of fused-ring (bicyclic) bond motifs is 4. The van der Waals surface area contributed by atoms with Crippen LogP contribution in [-0.4, -0.2) is 115 Å². The number of nitrogens with one attached hydrogen (secondary N) is 5. The fraction of sp³-hybridized carbons (Fsp3) is 0.545. The van der Waals surface area contributed by atoms with E-state index in [0.717, 1.165) is 33.0 Å². The second-order valence-electron chi connectivity index (χ2n) is 26.3. The number of carbonyl (C=O) groups is 8. The largest absolute Gasteiger partial charge is 0.460 e. The smallest absolute Gasteiger partial charge is 0.414 e. The zero-order chi connectivity index (χ0) is 62.4. The number of nitrogens with zero attached hydrogens (tertiary/aromatic N) is 1. The molecule has 5 N–H and O–H groups in total. The third-order valence-electron chi connectivity index (χ3n) is 14.4. The minimum Gasteiger partial charge on any atom is -0.460 e.